The lowest BCUT2D eigenvalue weighted by molar-refractivity contribution is -0.153. The lowest BCUT2D eigenvalue weighted by Gasteiger charge is -2.30. The minimum Gasteiger partial charge on any atom is -0.456 e. The quantitative estimate of drug-likeness (QED) is 0.656. The number of nitrogens with zero attached hydrogens (tertiary/aromatic N) is 1. The Bertz CT molecular complexity index is 704. The number of sulfonamides is 1. The average molecular weight is 384 g/mol. The molecule has 0 saturated carbocycles. The molecule has 1 aromatic rings. The van der Waals surface area contributed by atoms with Gasteiger partial charge in [0.25, 0.3) is 5.91 Å². The summed E-state index contributed by atoms with van der Waals surface area (Å²) in [5.74, 6) is -0.902. The highest BCUT2D eigenvalue weighted by atomic mass is 32.2. The van der Waals surface area contributed by atoms with Crippen LogP contribution >= 0.6 is 0 Å². The van der Waals surface area contributed by atoms with Gasteiger partial charge in [0, 0.05) is 18.6 Å². The zero-order valence-corrected chi connectivity index (χ0v) is 16.8. The molecule has 0 radical (unpaired) electrons. The molecular weight excluding hydrogens is 356 g/mol. The third kappa shape index (κ3) is 6.76. The Hall–Kier alpha value is -1.93. The van der Waals surface area contributed by atoms with Crippen LogP contribution in [-0.4, -0.2) is 50.4 Å². The van der Waals surface area contributed by atoms with E-state index in [1.807, 2.05) is 34.6 Å². The second-order valence-corrected chi connectivity index (χ2v) is 8.38. The molecular formula is C18H28N2O5S. The smallest absolute Gasteiger partial charge is 0.307 e. The van der Waals surface area contributed by atoms with Gasteiger partial charge in [-0.1, -0.05) is 17.7 Å². The number of aryl methyl sites for hydroxylation is 1. The van der Waals surface area contributed by atoms with Gasteiger partial charge in [-0.3, -0.25) is 9.59 Å². The minimum atomic E-state index is -3.67. The maximum absolute atomic E-state index is 12.1. The molecule has 0 aliphatic carbocycles. The fourth-order valence-corrected chi connectivity index (χ4v) is 3.58. The van der Waals surface area contributed by atoms with E-state index in [9.17, 15) is 18.0 Å². The molecule has 26 heavy (non-hydrogen) atoms. The summed E-state index contributed by atoms with van der Waals surface area (Å²) in [6.07, 6.45) is -0.151. The lowest BCUT2D eigenvalue weighted by atomic mass is 10.2. The van der Waals surface area contributed by atoms with Gasteiger partial charge in [-0.05, 0) is 46.8 Å². The number of nitrogens with one attached hydrogen (secondary N) is 1. The molecule has 146 valence electrons. The Balaban J connectivity index is 2.45. The Morgan fingerprint density at radius 3 is 2.12 bits per heavy atom. The van der Waals surface area contributed by atoms with Crippen molar-refractivity contribution in [3.05, 3.63) is 29.8 Å². The van der Waals surface area contributed by atoms with E-state index in [0.717, 1.165) is 5.56 Å². The third-order valence-electron chi connectivity index (χ3n) is 3.71. The molecule has 0 bridgehead atoms. The van der Waals surface area contributed by atoms with E-state index in [1.54, 1.807) is 17.0 Å². The molecule has 1 N–H and O–H groups in total. The van der Waals surface area contributed by atoms with Crippen molar-refractivity contribution in [1.82, 2.24) is 9.62 Å². The van der Waals surface area contributed by atoms with Crippen LogP contribution in [-0.2, 0) is 24.3 Å². The van der Waals surface area contributed by atoms with Gasteiger partial charge in [0.05, 0.1) is 11.3 Å². The molecule has 0 aliphatic rings. The molecule has 0 unspecified atom stereocenters. The topological polar surface area (TPSA) is 92.8 Å². The van der Waals surface area contributed by atoms with Crippen LogP contribution in [0.5, 0.6) is 0 Å². The van der Waals surface area contributed by atoms with Crippen molar-refractivity contribution >= 4 is 21.9 Å². The summed E-state index contributed by atoms with van der Waals surface area (Å²) in [7, 11) is -3.67. The highest BCUT2D eigenvalue weighted by Crippen LogP contribution is 2.10. The van der Waals surface area contributed by atoms with E-state index < -0.39 is 16.0 Å². The molecule has 0 fully saturated rings. The van der Waals surface area contributed by atoms with Crippen molar-refractivity contribution in [3.63, 3.8) is 0 Å². The predicted octanol–water partition coefficient (Wildman–Crippen LogP) is 1.85. The number of carbonyl (C=O) groups is 2. The monoisotopic (exact) mass is 384 g/mol. The fraction of sp³-hybridized carbons (Fsp3) is 0.556. The maximum Gasteiger partial charge on any atom is 0.307 e. The van der Waals surface area contributed by atoms with Crippen LogP contribution in [0.15, 0.2) is 29.2 Å². The largest absolute Gasteiger partial charge is 0.456 e. The molecule has 1 rings (SSSR count). The Kier molecular flexibility index (Phi) is 8.23. The van der Waals surface area contributed by atoms with Gasteiger partial charge in [-0.2, -0.15) is 0 Å². The number of amides is 1. The maximum atomic E-state index is 12.1. The molecule has 0 aliphatic heterocycles. The summed E-state index contributed by atoms with van der Waals surface area (Å²) in [6, 6.07) is 6.40. The fourth-order valence-electron chi connectivity index (χ4n) is 2.55. The zero-order chi connectivity index (χ0) is 19.9. The summed E-state index contributed by atoms with van der Waals surface area (Å²) in [5.41, 5.74) is 0.953. The molecule has 1 aromatic carbocycles. The molecule has 8 heteroatoms. The van der Waals surface area contributed by atoms with Gasteiger partial charge in [0.2, 0.25) is 10.0 Å². The number of hydrogen-bond acceptors (Lipinski definition) is 5. The van der Waals surface area contributed by atoms with Crippen LogP contribution in [0.1, 0.15) is 39.7 Å². The van der Waals surface area contributed by atoms with Gasteiger partial charge < -0.3 is 9.64 Å². The first-order chi connectivity index (χ1) is 12.0. The molecule has 7 nitrogen and oxygen atoms in total. The molecule has 0 spiro atoms. The predicted molar refractivity (Wildman–Crippen MR) is 99.1 cm³/mol. The standard InChI is InChI=1S/C18H28N2O5S/c1-13(2)20(14(3)4)17(21)12-25-18(22)10-11-19-26(23,24)16-8-6-15(5)7-9-16/h6-9,13-14,19H,10-12H2,1-5H3. The first kappa shape index (κ1) is 22.1. The van der Waals surface area contributed by atoms with Crippen LogP contribution < -0.4 is 4.72 Å². The number of hydrogen-bond donors (Lipinski definition) is 1. The highest BCUT2D eigenvalue weighted by molar-refractivity contribution is 7.89. The van der Waals surface area contributed by atoms with Crippen molar-refractivity contribution in [2.75, 3.05) is 13.2 Å². The molecule has 0 saturated heterocycles. The lowest BCUT2D eigenvalue weighted by Crippen LogP contribution is -2.44. The van der Waals surface area contributed by atoms with E-state index in [2.05, 4.69) is 4.72 Å². The van der Waals surface area contributed by atoms with Crippen molar-refractivity contribution in [1.29, 1.82) is 0 Å². The number of rotatable bonds is 9. The Labute approximate surface area is 155 Å². The summed E-state index contributed by atoms with van der Waals surface area (Å²) in [4.78, 5) is 25.6. The van der Waals surface area contributed by atoms with Crippen LogP contribution in [0.4, 0.5) is 0 Å². The van der Waals surface area contributed by atoms with Gasteiger partial charge in [0.1, 0.15) is 0 Å². The third-order valence-corrected chi connectivity index (χ3v) is 5.19. The van der Waals surface area contributed by atoms with Crippen molar-refractivity contribution in [3.8, 4) is 0 Å². The summed E-state index contributed by atoms with van der Waals surface area (Å²) in [6.45, 7) is 8.97. The zero-order valence-electron chi connectivity index (χ0n) is 16.0. The first-order valence-corrected chi connectivity index (χ1v) is 10.1. The van der Waals surface area contributed by atoms with E-state index in [0.29, 0.717) is 0 Å². The molecule has 0 aromatic heterocycles. The average Bonchev–Trinajstić information content (AvgIpc) is 2.52. The van der Waals surface area contributed by atoms with E-state index in [4.69, 9.17) is 4.74 Å². The Morgan fingerprint density at radius 2 is 1.62 bits per heavy atom. The molecule has 1 amide bonds. The van der Waals surface area contributed by atoms with Gasteiger partial charge >= 0.3 is 5.97 Å². The van der Waals surface area contributed by atoms with Crippen LogP contribution in [0.3, 0.4) is 0 Å². The highest BCUT2D eigenvalue weighted by Gasteiger charge is 2.21. The minimum absolute atomic E-state index is 0.00233. The summed E-state index contributed by atoms with van der Waals surface area (Å²) in [5, 5.41) is 0. The van der Waals surface area contributed by atoms with E-state index in [1.165, 1.54) is 12.1 Å². The van der Waals surface area contributed by atoms with Crippen LogP contribution in [0.25, 0.3) is 0 Å². The summed E-state index contributed by atoms with van der Waals surface area (Å²) < 4.78 is 31.5. The Morgan fingerprint density at radius 1 is 1.08 bits per heavy atom. The molecule has 0 atom stereocenters. The van der Waals surface area contributed by atoms with Gasteiger partial charge in [-0.25, -0.2) is 13.1 Å². The van der Waals surface area contributed by atoms with Crippen molar-refractivity contribution < 1.29 is 22.7 Å². The normalized spacial score (nSPS) is 11.7. The van der Waals surface area contributed by atoms with E-state index in [-0.39, 0.29) is 42.5 Å². The number of esters is 1. The van der Waals surface area contributed by atoms with Crippen LogP contribution in [0.2, 0.25) is 0 Å². The van der Waals surface area contributed by atoms with E-state index >= 15 is 0 Å². The summed E-state index contributed by atoms with van der Waals surface area (Å²) >= 11 is 0. The van der Waals surface area contributed by atoms with Crippen molar-refractivity contribution in [2.45, 2.75) is 58.0 Å². The van der Waals surface area contributed by atoms with Gasteiger partial charge in [-0.15, -0.1) is 0 Å². The second-order valence-electron chi connectivity index (χ2n) is 6.61. The number of carbonyl (C=O) groups excluding carboxylic acids is 2. The molecule has 0 heterocycles. The SMILES string of the molecule is Cc1ccc(S(=O)(=O)NCCC(=O)OCC(=O)N(C(C)C)C(C)C)cc1. The number of benzene rings is 1. The van der Waals surface area contributed by atoms with Crippen LogP contribution in [0, 0.1) is 6.92 Å². The second kappa shape index (κ2) is 9.68. The first-order valence-electron chi connectivity index (χ1n) is 8.57. The number of ether oxygens (including phenoxy) is 1. The van der Waals surface area contributed by atoms with Crippen molar-refractivity contribution in [2.24, 2.45) is 0 Å². The van der Waals surface area contributed by atoms with Gasteiger partial charge in [0.15, 0.2) is 6.61 Å².